The number of hydrogen-bond acceptors (Lipinski definition) is 9. The lowest BCUT2D eigenvalue weighted by molar-refractivity contribution is -0.116. The number of piperidine rings is 1. The molecule has 0 bridgehead atoms. The molecule has 2 aliphatic heterocycles. The van der Waals surface area contributed by atoms with Crippen molar-refractivity contribution in [2.75, 3.05) is 56.1 Å². The Morgan fingerprint density at radius 2 is 1.78 bits per heavy atom. The van der Waals surface area contributed by atoms with Gasteiger partial charge in [-0.05, 0) is 62.1 Å². The standard InChI is InChI=1S/C36H41N5O9/c1-5-16-50-36(46)41-22-26-9-6-7-15-40(26)34(44)27-19-30(47-3)31(20-28(27)41)49-17-8-10-32(42)37-25-18-29(39(2)21-25)33(43)38-24-13-11-23(12-14-24)35(45)48-4/h5,11-14,18-21,26H,1,6-10,15-17,22H2,2-4H3,(H,37,42)(H,38,43). The van der Waals surface area contributed by atoms with E-state index in [4.69, 9.17) is 18.9 Å². The minimum absolute atomic E-state index is 0.0280. The van der Waals surface area contributed by atoms with Crippen LogP contribution in [0.25, 0.3) is 0 Å². The molecule has 50 heavy (non-hydrogen) atoms. The van der Waals surface area contributed by atoms with Gasteiger partial charge in [0.15, 0.2) is 11.5 Å². The van der Waals surface area contributed by atoms with Crippen LogP contribution in [0.2, 0.25) is 0 Å². The van der Waals surface area contributed by atoms with Crippen LogP contribution in [0.3, 0.4) is 0 Å². The second-order valence-corrected chi connectivity index (χ2v) is 11.9. The first-order valence-electron chi connectivity index (χ1n) is 16.3. The highest BCUT2D eigenvalue weighted by atomic mass is 16.6. The van der Waals surface area contributed by atoms with Crippen LogP contribution in [0.1, 0.15) is 63.3 Å². The fourth-order valence-electron chi connectivity index (χ4n) is 6.02. The monoisotopic (exact) mass is 687 g/mol. The second kappa shape index (κ2) is 16.1. The zero-order chi connectivity index (χ0) is 35.8. The lowest BCUT2D eigenvalue weighted by Crippen LogP contribution is -2.48. The normalized spacial score (nSPS) is 15.2. The molecule has 3 aromatic rings. The number of carbonyl (C=O) groups excluding carboxylic acids is 5. The van der Waals surface area contributed by atoms with Gasteiger partial charge in [0.1, 0.15) is 12.3 Å². The number of benzene rings is 2. The van der Waals surface area contributed by atoms with Crippen LogP contribution in [-0.4, -0.2) is 85.8 Å². The predicted octanol–water partition coefficient (Wildman–Crippen LogP) is 5.01. The molecule has 14 nitrogen and oxygen atoms in total. The average Bonchev–Trinajstić information content (AvgIpc) is 3.44. The average molecular weight is 688 g/mol. The summed E-state index contributed by atoms with van der Waals surface area (Å²) in [7, 11) is 4.45. The van der Waals surface area contributed by atoms with E-state index < -0.39 is 18.0 Å². The van der Waals surface area contributed by atoms with Gasteiger partial charge in [0.05, 0.1) is 49.4 Å². The molecule has 2 aliphatic rings. The van der Waals surface area contributed by atoms with Crippen molar-refractivity contribution in [2.45, 2.75) is 38.1 Å². The topological polar surface area (TPSA) is 158 Å². The maximum absolute atomic E-state index is 13.7. The minimum Gasteiger partial charge on any atom is -0.493 e. The number of carbonyl (C=O) groups is 5. The van der Waals surface area contributed by atoms with Crippen molar-refractivity contribution in [1.29, 1.82) is 0 Å². The number of ether oxygens (including phenoxy) is 4. The van der Waals surface area contributed by atoms with Gasteiger partial charge in [0.25, 0.3) is 11.8 Å². The van der Waals surface area contributed by atoms with E-state index in [-0.39, 0.29) is 44.0 Å². The molecule has 0 saturated carbocycles. The zero-order valence-corrected chi connectivity index (χ0v) is 28.4. The van der Waals surface area contributed by atoms with E-state index in [1.165, 1.54) is 25.2 Å². The molecule has 1 saturated heterocycles. The summed E-state index contributed by atoms with van der Waals surface area (Å²) in [6.45, 7) is 4.67. The number of methoxy groups -OCH3 is 2. The molecule has 5 rings (SSSR count). The van der Waals surface area contributed by atoms with Crippen molar-refractivity contribution in [3.8, 4) is 11.5 Å². The molecule has 2 aromatic carbocycles. The van der Waals surface area contributed by atoms with Gasteiger partial charge in [-0.3, -0.25) is 19.3 Å². The number of esters is 1. The van der Waals surface area contributed by atoms with Crippen molar-refractivity contribution in [2.24, 2.45) is 7.05 Å². The van der Waals surface area contributed by atoms with E-state index in [1.54, 1.807) is 60.3 Å². The maximum Gasteiger partial charge on any atom is 0.414 e. The largest absolute Gasteiger partial charge is 0.493 e. The number of hydrogen-bond donors (Lipinski definition) is 2. The summed E-state index contributed by atoms with van der Waals surface area (Å²) >= 11 is 0. The summed E-state index contributed by atoms with van der Waals surface area (Å²) in [5, 5.41) is 5.57. The number of aryl methyl sites for hydroxylation is 1. The molecule has 3 heterocycles. The van der Waals surface area contributed by atoms with Gasteiger partial charge in [-0.1, -0.05) is 12.7 Å². The number of rotatable bonds is 12. The Morgan fingerprint density at radius 1 is 1.00 bits per heavy atom. The van der Waals surface area contributed by atoms with Gasteiger partial charge in [-0.2, -0.15) is 0 Å². The predicted molar refractivity (Wildman–Crippen MR) is 185 cm³/mol. The summed E-state index contributed by atoms with van der Waals surface area (Å²) in [4.78, 5) is 67.4. The lowest BCUT2D eigenvalue weighted by Gasteiger charge is -2.35. The van der Waals surface area contributed by atoms with Gasteiger partial charge in [-0.15, -0.1) is 0 Å². The molecular formula is C36H41N5O9. The Balaban J connectivity index is 1.20. The van der Waals surface area contributed by atoms with Crippen LogP contribution in [0, 0.1) is 0 Å². The van der Waals surface area contributed by atoms with Crippen molar-refractivity contribution in [1.82, 2.24) is 9.47 Å². The fraction of sp³-hybridized carbons (Fsp3) is 0.361. The molecule has 264 valence electrons. The Bertz CT molecular complexity index is 1770. The van der Waals surface area contributed by atoms with Gasteiger partial charge < -0.3 is 39.0 Å². The summed E-state index contributed by atoms with van der Waals surface area (Å²) in [6.07, 6.45) is 5.61. The third kappa shape index (κ3) is 8.08. The quantitative estimate of drug-likeness (QED) is 0.152. The van der Waals surface area contributed by atoms with Gasteiger partial charge in [-0.25, -0.2) is 9.59 Å². The van der Waals surface area contributed by atoms with Crippen LogP contribution >= 0.6 is 0 Å². The molecule has 1 unspecified atom stereocenters. The third-order valence-electron chi connectivity index (χ3n) is 8.52. The highest BCUT2D eigenvalue weighted by Gasteiger charge is 2.38. The zero-order valence-electron chi connectivity index (χ0n) is 28.4. The van der Waals surface area contributed by atoms with Crippen LogP contribution in [0.4, 0.5) is 21.9 Å². The lowest BCUT2D eigenvalue weighted by atomic mass is 10.0. The Kier molecular flexibility index (Phi) is 11.4. The van der Waals surface area contributed by atoms with Crippen LogP contribution in [-0.2, 0) is 21.3 Å². The van der Waals surface area contributed by atoms with Crippen LogP contribution in [0.15, 0.2) is 61.3 Å². The first-order chi connectivity index (χ1) is 24.1. The first-order valence-corrected chi connectivity index (χ1v) is 16.3. The number of aromatic nitrogens is 1. The molecule has 1 fully saturated rings. The van der Waals surface area contributed by atoms with E-state index in [1.807, 2.05) is 4.90 Å². The Hall–Kier alpha value is -5.79. The number of nitrogens with one attached hydrogen (secondary N) is 2. The highest BCUT2D eigenvalue weighted by Crippen LogP contribution is 2.39. The number of anilines is 3. The third-order valence-corrected chi connectivity index (χ3v) is 8.52. The molecule has 1 atom stereocenters. The van der Waals surface area contributed by atoms with Crippen molar-refractivity contribution >= 4 is 46.8 Å². The first kappa shape index (κ1) is 35.5. The molecule has 1 aromatic heterocycles. The molecule has 0 aliphatic carbocycles. The summed E-state index contributed by atoms with van der Waals surface area (Å²) < 4.78 is 23.3. The van der Waals surface area contributed by atoms with E-state index in [9.17, 15) is 24.0 Å². The molecular weight excluding hydrogens is 646 g/mol. The minimum atomic E-state index is -0.588. The van der Waals surface area contributed by atoms with Gasteiger partial charge in [0, 0.05) is 44.5 Å². The van der Waals surface area contributed by atoms with Crippen molar-refractivity contribution in [3.05, 3.63) is 78.1 Å². The summed E-state index contributed by atoms with van der Waals surface area (Å²) in [5.41, 5.74) is 2.30. The smallest absolute Gasteiger partial charge is 0.414 e. The van der Waals surface area contributed by atoms with E-state index in [2.05, 4.69) is 17.2 Å². The molecule has 0 spiro atoms. The fourth-order valence-corrected chi connectivity index (χ4v) is 6.02. The van der Waals surface area contributed by atoms with E-state index in [0.717, 1.165) is 19.3 Å². The number of fused-ring (bicyclic) bond motifs is 2. The number of amides is 4. The Morgan fingerprint density at radius 3 is 2.50 bits per heavy atom. The van der Waals surface area contributed by atoms with E-state index >= 15 is 0 Å². The van der Waals surface area contributed by atoms with Crippen molar-refractivity contribution in [3.63, 3.8) is 0 Å². The molecule has 14 heteroatoms. The second-order valence-electron chi connectivity index (χ2n) is 11.9. The van der Waals surface area contributed by atoms with Crippen LogP contribution in [0.5, 0.6) is 11.5 Å². The molecule has 2 N–H and O–H groups in total. The SMILES string of the molecule is C=CCOC(=O)N1CC2CCCCN2C(=O)c2cc(OC)c(OCCCC(=O)Nc3cc(C(=O)Nc4ccc(C(=O)OC)cc4)n(C)c3)cc21. The van der Waals surface area contributed by atoms with Gasteiger partial charge in [0.2, 0.25) is 5.91 Å². The molecule has 4 amide bonds. The highest BCUT2D eigenvalue weighted by molar-refractivity contribution is 6.06. The maximum atomic E-state index is 13.7. The van der Waals surface area contributed by atoms with Gasteiger partial charge >= 0.3 is 12.1 Å². The molecule has 0 radical (unpaired) electrons. The summed E-state index contributed by atoms with van der Waals surface area (Å²) in [6, 6.07) is 10.9. The Labute approximate surface area is 289 Å². The number of nitrogens with zero attached hydrogens (tertiary/aromatic N) is 3. The summed E-state index contributed by atoms with van der Waals surface area (Å²) in [5.74, 6) is -0.690. The van der Waals surface area contributed by atoms with Crippen LogP contribution < -0.4 is 25.0 Å². The van der Waals surface area contributed by atoms with Crippen molar-refractivity contribution < 1.29 is 42.9 Å². The van der Waals surface area contributed by atoms with E-state index in [0.29, 0.717) is 58.3 Å².